The van der Waals surface area contributed by atoms with E-state index in [0.29, 0.717) is 17.2 Å². The fourth-order valence-electron chi connectivity index (χ4n) is 2.01. The molecule has 0 fully saturated rings. The SMILES string of the molecule is O=C(NCC(O)c1cccs1)C(=O)Nc1ccc2c(c1)OCO2. The van der Waals surface area contributed by atoms with Crippen molar-refractivity contribution in [2.75, 3.05) is 18.7 Å². The van der Waals surface area contributed by atoms with Crippen LogP contribution in [-0.4, -0.2) is 30.3 Å². The third-order valence-electron chi connectivity index (χ3n) is 3.16. The Labute approximate surface area is 135 Å². The van der Waals surface area contributed by atoms with Crippen molar-refractivity contribution in [3.05, 3.63) is 40.6 Å². The van der Waals surface area contributed by atoms with Gasteiger partial charge in [0.1, 0.15) is 6.10 Å². The summed E-state index contributed by atoms with van der Waals surface area (Å²) in [7, 11) is 0. The molecule has 1 aliphatic heterocycles. The van der Waals surface area contributed by atoms with Crippen molar-refractivity contribution in [3.8, 4) is 11.5 Å². The lowest BCUT2D eigenvalue weighted by Crippen LogP contribution is -2.37. The number of amides is 2. The van der Waals surface area contributed by atoms with Crippen LogP contribution in [0.1, 0.15) is 11.0 Å². The fourth-order valence-corrected chi connectivity index (χ4v) is 2.73. The molecule has 1 unspecified atom stereocenters. The average Bonchev–Trinajstić information content (AvgIpc) is 3.22. The third-order valence-corrected chi connectivity index (χ3v) is 4.14. The molecule has 2 amide bonds. The van der Waals surface area contributed by atoms with Crippen LogP contribution in [0.4, 0.5) is 5.69 Å². The minimum atomic E-state index is -0.836. The van der Waals surface area contributed by atoms with Gasteiger partial charge in [0.25, 0.3) is 0 Å². The van der Waals surface area contributed by atoms with Crippen LogP contribution in [0.2, 0.25) is 0 Å². The second-order valence-electron chi connectivity index (χ2n) is 4.76. The summed E-state index contributed by atoms with van der Waals surface area (Å²) in [6, 6.07) is 8.40. The van der Waals surface area contributed by atoms with Crippen molar-refractivity contribution in [2.45, 2.75) is 6.10 Å². The minimum absolute atomic E-state index is 0.0338. The molecule has 3 rings (SSSR count). The zero-order chi connectivity index (χ0) is 16.2. The molecule has 3 N–H and O–H groups in total. The second-order valence-corrected chi connectivity index (χ2v) is 5.74. The number of aliphatic hydroxyl groups excluding tert-OH is 1. The summed E-state index contributed by atoms with van der Waals surface area (Å²) in [4.78, 5) is 24.3. The van der Waals surface area contributed by atoms with E-state index in [-0.39, 0.29) is 13.3 Å². The average molecular weight is 334 g/mol. The van der Waals surface area contributed by atoms with Crippen LogP contribution in [0.25, 0.3) is 0 Å². The molecule has 2 heterocycles. The van der Waals surface area contributed by atoms with E-state index in [0.717, 1.165) is 4.88 Å². The normalized spacial score (nSPS) is 13.4. The monoisotopic (exact) mass is 334 g/mol. The minimum Gasteiger partial charge on any atom is -0.454 e. The van der Waals surface area contributed by atoms with Gasteiger partial charge >= 0.3 is 11.8 Å². The number of carbonyl (C=O) groups excluding carboxylic acids is 2. The van der Waals surface area contributed by atoms with Crippen LogP contribution in [0.3, 0.4) is 0 Å². The van der Waals surface area contributed by atoms with E-state index in [1.807, 2.05) is 5.38 Å². The van der Waals surface area contributed by atoms with Crippen molar-refractivity contribution in [1.82, 2.24) is 5.32 Å². The summed E-state index contributed by atoms with van der Waals surface area (Å²) < 4.78 is 10.4. The maximum atomic E-state index is 11.8. The summed E-state index contributed by atoms with van der Waals surface area (Å²) in [6.45, 7) is 0.0989. The first kappa shape index (κ1) is 15.3. The van der Waals surface area contributed by atoms with Gasteiger partial charge in [-0.15, -0.1) is 11.3 Å². The van der Waals surface area contributed by atoms with Crippen molar-refractivity contribution >= 4 is 28.8 Å². The molecule has 0 radical (unpaired) electrons. The predicted molar refractivity (Wildman–Crippen MR) is 83.5 cm³/mol. The van der Waals surface area contributed by atoms with Crippen LogP contribution in [0, 0.1) is 0 Å². The Bertz CT molecular complexity index is 717. The van der Waals surface area contributed by atoms with Crippen LogP contribution in [0.5, 0.6) is 11.5 Å². The molecule has 1 aromatic carbocycles. The van der Waals surface area contributed by atoms with E-state index in [9.17, 15) is 14.7 Å². The standard InChI is InChI=1S/C15H14N2O5S/c18-10(13-2-1-5-23-13)7-16-14(19)15(20)17-9-3-4-11-12(6-9)22-8-21-11/h1-6,10,18H,7-8H2,(H,16,19)(H,17,20). The third kappa shape index (κ3) is 3.61. The molecule has 23 heavy (non-hydrogen) atoms. The highest BCUT2D eigenvalue weighted by molar-refractivity contribution is 7.10. The zero-order valence-electron chi connectivity index (χ0n) is 11.9. The number of thiophene rings is 1. The van der Waals surface area contributed by atoms with E-state index >= 15 is 0 Å². The zero-order valence-corrected chi connectivity index (χ0v) is 12.8. The molecular formula is C15H14N2O5S. The number of hydrogen-bond acceptors (Lipinski definition) is 6. The maximum absolute atomic E-state index is 11.8. The lowest BCUT2D eigenvalue weighted by atomic mass is 10.2. The van der Waals surface area contributed by atoms with E-state index in [1.165, 1.54) is 11.3 Å². The lowest BCUT2D eigenvalue weighted by Gasteiger charge is -2.10. The number of benzene rings is 1. The van der Waals surface area contributed by atoms with Crippen molar-refractivity contribution < 1.29 is 24.2 Å². The lowest BCUT2D eigenvalue weighted by molar-refractivity contribution is -0.136. The molecule has 1 aliphatic rings. The Morgan fingerprint density at radius 3 is 2.83 bits per heavy atom. The van der Waals surface area contributed by atoms with Gasteiger partial charge < -0.3 is 25.2 Å². The van der Waals surface area contributed by atoms with Crippen molar-refractivity contribution in [2.24, 2.45) is 0 Å². The summed E-state index contributed by atoms with van der Waals surface area (Å²) in [5.41, 5.74) is 0.424. The molecular weight excluding hydrogens is 320 g/mol. The number of carbonyl (C=O) groups is 2. The number of fused-ring (bicyclic) bond motifs is 1. The number of ether oxygens (including phenoxy) is 2. The highest BCUT2D eigenvalue weighted by Gasteiger charge is 2.18. The first-order chi connectivity index (χ1) is 11.1. The van der Waals surface area contributed by atoms with E-state index < -0.39 is 17.9 Å². The topological polar surface area (TPSA) is 96.9 Å². The van der Waals surface area contributed by atoms with Gasteiger partial charge in [-0.05, 0) is 23.6 Å². The summed E-state index contributed by atoms with van der Waals surface area (Å²) >= 11 is 1.38. The summed E-state index contributed by atoms with van der Waals surface area (Å²) in [6.07, 6.45) is -0.836. The first-order valence-corrected chi connectivity index (χ1v) is 7.72. The van der Waals surface area contributed by atoms with E-state index in [2.05, 4.69) is 10.6 Å². The van der Waals surface area contributed by atoms with E-state index in [4.69, 9.17) is 9.47 Å². The van der Waals surface area contributed by atoms with Gasteiger partial charge in [0.15, 0.2) is 11.5 Å². The van der Waals surface area contributed by atoms with Gasteiger partial charge in [-0.2, -0.15) is 0 Å². The Morgan fingerprint density at radius 1 is 1.22 bits per heavy atom. The molecule has 120 valence electrons. The molecule has 0 aliphatic carbocycles. The largest absolute Gasteiger partial charge is 0.454 e. The molecule has 2 aromatic rings. The van der Waals surface area contributed by atoms with Gasteiger partial charge in [-0.3, -0.25) is 9.59 Å². The smallest absolute Gasteiger partial charge is 0.313 e. The van der Waals surface area contributed by atoms with Crippen LogP contribution in [0.15, 0.2) is 35.7 Å². The van der Waals surface area contributed by atoms with Gasteiger partial charge in [0.2, 0.25) is 6.79 Å². The highest BCUT2D eigenvalue weighted by atomic mass is 32.1. The fraction of sp³-hybridized carbons (Fsp3) is 0.200. The Morgan fingerprint density at radius 2 is 2.04 bits per heavy atom. The molecule has 0 saturated heterocycles. The Kier molecular flexibility index (Phi) is 4.45. The van der Waals surface area contributed by atoms with Crippen molar-refractivity contribution in [1.29, 1.82) is 0 Å². The number of nitrogens with one attached hydrogen (secondary N) is 2. The molecule has 1 atom stereocenters. The van der Waals surface area contributed by atoms with Crippen LogP contribution >= 0.6 is 11.3 Å². The summed E-state index contributed by atoms with van der Waals surface area (Å²) in [5.74, 6) is -0.539. The number of hydrogen-bond donors (Lipinski definition) is 3. The number of rotatable bonds is 4. The summed E-state index contributed by atoms with van der Waals surface area (Å²) in [5, 5.41) is 16.6. The molecule has 0 spiro atoms. The number of aliphatic hydroxyl groups is 1. The quantitative estimate of drug-likeness (QED) is 0.732. The van der Waals surface area contributed by atoms with Gasteiger partial charge in [-0.1, -0.05) is 6.07 Å². The predicted octanol–water partition coefficient (Wildman–Crippen LogP) is 1.27. The first-order valence-electron chi connectivity index (χ1n) is 6.84. The van der Waals surface area contributed by atoms with Gasteiger partial charge in [-0.25, -0.2) is 0 Å². The Hall–Kier alpha value is -2.58. The van der Waals surface area contributed by atoms with Gasteiger partial charge in [0.05, 0.1) is 0 Å². The molecule has 0 saturated carbocycles. The maximum Gasteiger partial charge on any atom is 0.313 e. The van der Waals surface area contributed by atoms with E-state index in [1.54, 1.807) is 30.3 Å². The Balaban J connectivity index is 1.52. The van der Waals surface area contributed by atoms with Crippen LogP contribution in [-0.2, 0) is 9.59 Å². The van der Waals surface area contributed by atoms with Gasteiger partial charge in [0, 0.05) is 23.2 Å². The van der Waals surface area contributed by atoms with Crippen LogP contribution < -0.4 is 20.1 Å². The molecule has 7 nitrogen and oxygen atoms in total. The molecule has 1 aromatic heterocycles. The number of anilines is 1. The molecule has 0 bridgehead atoms. The van der Waals surface area contributed by atoms with Crippen molar-refractivity contribution in [3.63, 3.8) is 0 Å². The highest BCUT2D eigenvalue weighted by Crippen LogP contribution is 2.34. The second kappa shape index (κ2) is 6.67. The molecule has 8 heteroatoms.